The highest BCUT2D eigenvalue weighted by Gasteiger charge is 2.17. The maximum atomic E-state index is 12.9. The van der Waals surface area contributed by atoms with Gasteiger partial charge < -0.3 is 14.2 Å². The third kappa shape index (κ3) is 57.1. The number of allylic oxidation sites excluding steroid dienone is 18. The molecule has 0 fully saturated rings. The highest BCUT2D eigenvalue weighted by Crippen LogP contribution is 2.14. The Morgan fingerprint density at radius 1 is 0.329 bits per heavy atom. The minimum atomic E-state index is -0.561. The van der Waals surface area contributed by atoms with E-state index in [9.17, 15) is 9.59 Å². The van der Waals surface area contributed by atoms with E-state index in [1.165, 1.54) is 116 Å². The fourth-order valence-electron chi connectivity index (χ4n) is 7.96. The Labute approximate surface area is 434 Å². The first kappa shape index (κ1) is 66.6. The Kier molecular flexibility index (Phi) is 56.9. The Morgan fingerprint density at radius 3 is 1.03 bits per heavy atom. The van der Waals surface area contributed by atoms with Crippen LogP contribution in [0.3, 0.4) is 0 Å². The number of hydrogen-bond acceptors (Lipinski definition) is 5. The van der Waals surface area contributed by atoms with Crippen LogP contribution >= 0.6 is 0 Å². The van der Waals surface area contributed by atoms with E-state index >= 15 is 0 Å². The molecule has 0 radical (unpaired) electrons. The van der Waals surface area contributed by atoms with Crippen molar-refractivity contribution in [2.24, 2.45) is 0 Å². The molecule has 0 aromatic rings. The van der Waals surface area contributed by atoms with E-state index in [1.807, 2.05) is 0 Å². The first-order valence-corrected chi connectivity index (χ1v) is 29.4. The van der Waals surface area contributed by atoms with E-state index in [0.717, 1.165) is 116 Å². The van der Waals surface area contributed by atoms with Gasteiger partial charge in [-0.2, -0.15) is 0 Å². The fraction of sp³-hybridized carbons (Fsp3) is 0.692. The number of hydrogen-bond donors (Lipinski definition) is 0. The van der Waals surface area contributed by atoms with E-state index in [1.54, 1.807) is 0 Å². The molecule has 0 amide bonds. The van der Waals surface area contributed by atoms with Gasteiger partial charge in [0.05, 0.1) is 6.61 Å². The van der Waals surface area contributed by atoms with Crippen LogP contribution in [-0.4, -0.2) is 37.9 Å². The third-order valence-electron chi connectivity index (χ3n) is 12.3. The summed E-state index contributed by atoms with van der Waals surface area (Å²) in [6.45, 7) is 7.55. The largest absolute Gasteiger partial charge is 0.462 e. The van der Waals surface area contributed by atoms with Crippen molar-refractivity contribution in [1.82, 2.24) is 0 Å². The topological polar surface area (TPSA) is 61.8 Å². The monoisotopic (exact) mass is 971 g/mol. The zero-order valence-electron chi connectivity index (χ0n) is 46.0. The molecule has 0 aliphatic rings. The predicted octanol–water partition coefficient (Wildman–Crippen LogP) is 20.3. The van der Waals surface area contributed by atoms with Crippen LogP contribution in [0.4, 0.5) is 0 Å². The van der Waals surface area contributed by atoms with Crippen LogP contribution in [0.5, 0.6) is 0 Å². The minimum absolute atomic E-state index is 0.0641. The lowest BCUT2D eigenvalue weighted by Crippen LogP contribution is -2.30. The van der Waals surface area contributed by atoms with Crippen molar-refractivity contribution >= 4 is 11.9 Å². The average molecular weight is 972 g/mol. The molecule has 0 saturated heterocycles. The Morgan fingerprint density at radius 2 is 0.643 bits per heavy atom. The van der Waals surface area contributed by atoms with Gasteiger partial charge >= 0.3 is 11.9 Å². The molecule has 70 heavy (non-hydrogen) atoms. The molecule has 400 valence electrons. The van der Waals surface area contributed by atoms with Gasteiger partial charge in [-0.1, -0.05) is 239 Å². The molecule has 0 aliphatic carbocycles. The first-order valence-electron chi connectivity index (χ1n) is 29.4. The standard InChI is InChI=1S/C65H110O5/c1-4-7-10-13-16-19-22-25-28-30-32-34-36-39-42-45-48-51-54-57-60-68-61-63(70-65(67)59-56-53-50-47-44-41-37-27-24-21-18-15-12-9-6-3)62-69-64(66)58-55-52-49-46-43-40-38-35-33-31-29-26-23-20-17-14-11-8-5-2/h8-9,11-12,16-21,25-29,33,35,37,63H,4-7,10,13-15,22-24,30-32,34,36,38-62H2,1-3H3/b11-8-,12-9-,19-16-,20-17-,21-18-,28-25-,29-26-,35-33-,37-27-. The Balaban J connectivity index is 4.33. The summed E-state index contributed by atoms with van der Waals surface area (Å²) in [7, 11) is 0. The van der Waals surface area contributed by atoms with Gasteiger partial charge in [-0.3, -0.25) is 9.59 Å². The number of rotatable bonds is 53. The predicted molar refractivity (Wildman–Crippen MR) is 306 cm³/mol. The summed E-state index contributed by atoms with van der Waals surface area (Å²) in [4.78, 5) is 25.5. The summed E-state index contributed by atoms with van der Waals surface area (Å²) in [6.07, 6.45) is 82.5. The fourth-order valence-corrected chi connectivity index (χ4v) is 7.96. The number of carbonyl (C=O) groups is 2. The Bertz CT molecular complexity index is 1380. The molecule has 5 heteroatoms. The van der Waals surface area contributed by atoms with Crippen molar-refractivity contribution in [3.63, 3.8) is 0 Å². The van der Waals surface area contributed by atoms with Crippen LogP contribution in [0, 0.1) is 0 Å². The van der Waals surface area contributed by atoms with Crippen molar-refractivity contribution < 1.29 is 23.8 Å². The second-order valence-corrected chi connectivity index (χ2v) is 19.1. The summed E-state index contributed by atoms with van der Waals surface area (Å²) in [5.74, 6) is -0.434. The average Bonchev–Trinajstić information content (AvgIpc) is 3.36. The van der Waals surface area contributed by atoms with E-state index in [4.69, 9.17) is 14.2 Å². The van der Waals surface area contributed by atoms with Gasteiger partial charge in [-0.15, -0.1) is 0 Å². The van der Waals surface area contributed by atoms with Gasteiger partial charge in [-0.05, 0) is 122 Å². The van der Waals surface area contributed by atoms with Crippen molar-refractivity contribution in [3.8, 4) is 0 Å². The zero-order valence-corrected chi connectivity index (χ0v) is 46.0. The van der Waals surface area contributed by atoms with Crippen molar-refractivity contribution in [2.45, 2.75) is 271 Å². The lowest BCUT2D eigenvalue weighted by atomic mass is 10.1. The maximum Gasteiger partial charge on any atom is 0.306 e. The minimum Gasteiger partial charge on any atom is -0.462 e. The van der Waals surface area contributed by atoms with Crippen LogP contribution < -0.4 is 0 Å². The summed E-state index contributed by atoms with van der Waals surface area (Å²) < 4.78 is 17.5. The highest BCUT2D eigenvalue weighted by molar-refractivity contribution is 5.70. The number of unbranched alkanes of at least 4 members (excludes halogenated alkanes) is 24. The molecule has 1 unspecified atom stereocenters. The number of ether oxygens (including phenoxy) is 3. The normalized spacial score (nSPS) is 13.0. The van der Waals surface area contributed by atoms with Gasteiger partial charge in [0.15, 0.2) is 6.10 Å². The SMILES string of the molecule is CC/C=C\C/C=C\C/C=C\C/C=C\CCCCCCCCC(=O)OCC(COCCCCCCCCCCCC/C=C\C/C=C\CCCCC)OC(=O)CCCCCCC/C=C\C/C=C\C/C=C\CC. The molecule has 0 aromatic carbocycles. The summed E-state index contributed by atoms with van der Waals surface area (Å²) >= 11 is 0. The smallest absolute Gasteiger partial charge is 0.306 e. The van der Waals surface area contributed by atoms with Crippen molar-refractivity contribution in [1.29, 1.82) is 0 Å². The van der Waals surface area contributed by atoms with Crippen LogP contribution in [-0.2, 0) is 23.8 Å². The van der Waals surface area contributed by atoms with Crippen molar-refractivity contribution in [3.05, 3.63) is 109 Å². The molecule has 0 heterocycles. The van der Waals surface area contributed by atoms with Gasteiger partial charge in [0.2, 0.25) is 0 Å². The zero-order chi connectivity index (χ0) is 50.6. The summed E-state index contributed by atoms with van der Waals surface area (Å²) in [5.41, 5.74) is 0. The van der Waals surface area contributed by atoms with E-state index in [-0.39, 0.29) is 25.2 Å². The van der Waals surface area contributed by atoms with E-state index in [2.05, 4.69) is 130 Å². The molecule has 0 aromatic heterocycles. The van der Waals surface area contributed by atoms with E-state index < -0.39 is 6.10 Å². The van der Waals surface area contributed by atoms with E-state index in [0.29, 0.717) is 19.4 Å². The second kappa shape index (κ2) is 59.9. The number of carbonyl (C=O) groups excluding carboxylic acids is 2. The Hall–Kier alpha value is -3.44. The van der Waals surface area contributed by atoms with Crippen LogP contribution in [0.2, 0.25) is 0 Å². The van der Waals surface area contributed by atoms with Gasteiger partial charge in [0.1, 0.15) is 6.61 Å². The van der Waals surface area contributed by atoms with Crippen molar-refractivity contribution in [2.75, 3.05) is 19.8 Å². The summed E-state index contributed by atoms with van der Waals surface area (Å²) in [6, 6.07) is 0. The molecule has 5 nitrogen and oxygen atoms in total. The molecular formula is C65H110O5. The molecule has 0 saturated carbocycles. The van der Waals surface area contributed by atoms with Crippen LogP contribution in [0.15, 0.2) is 109 Å². The number of esters is 2. The van der Waals surface area contributed by atoms with Crippen LogP contribution in [0.25, 0.3) is 0 Å². The van der Waals surface area contributed by atoms with Gasteiger partial charge in [0.25, 0.3) is 0 Å². The second-order valence-electron chi connectivity index (χ2n) is 19.1. The molecule has 0 N–H and O–H groups in total. The molecule has 1 atom stereocenters. The summed E-state index contributed by atoms with van der Waals surface area (Å²) in [5, 5.41) is 0. The lowest BCUT2D eigenvalue weighted by Gasteiger charge is -2.18. The van der Waals surface area contributed by atoms with Crippen LogP contribution in [0.1, 0.15) is 265 Å². The maximum absolute atomic E-state index is 12.9. The third-order valence-corrected chi connectivity index (χ3v) is 12.3. The lowest BCUT2D eigenvalue weighted by molar-refractivity contribution is -0.163. The quantitative estimate of drug-likeness (QED) is 0.0345. The molecule has 0 aliphatic heterocycles. The molecule has 0 spiro atoms. The van der Waals surface area contributed by atoms with Gasteiger partial charge in [0, 0.05) is 19.4 Å². The van der Waals surface area contributed by atoms with Gasteiger partial charge in [-0.25, -0.2) is 0 Å². The first-order chi connectivity index (χ1) is 34.6. The highest BCUT2D eigenvalue weighted by atomic mass is 16.6. The molecular weight excluding hydrogens is 861 g/mol. The molecule has 0 rings (SSSR count). The molecule has 0 bridgehead atoms.